The predicted molar refractivity (Wildman–Crippen MR) is 101 cm³/mol. The van der Waals surface area contributed by atoms with Crippen molar-refractivity contribution in [1.29, 1.82) is 5.26 Å². The average molecular weight is 339 g/mol. The second-order valence-electron chi connectivity index (χ2n) is 7.73. The molecule has 1 atom stereocenters. The first-order chi connectivity index (χ1) is 11.8. The summed E-state index contributed by atoms with van der Waals surface area (Å²) in [5.41, 5.74) is 3.87. The van der Waals surface area contributed by atoms with Gasteiger partial charge in [-0.1, -0.05) is 25.1 Å². The summed E-state index contributed by atoms with van der Waals surface area (Å²) >= 11 is 0. The number of carbonyl (C=O) groups is 1. The summed E-state index contributed by atoms with van der Waals surface area (Å²) in [5.74, 6) is -0.330. The molecule has 0 aliphatic heterocycles. The van der Waals surface area contributed by atoms with E-state index in [0.29, 0.717) is 0 Å². The number of nitriles is 1. The monoisotopic (exact) mass is 339 g/mol. The van der Waals surface area contributed by atoms with Gasteiger partial charge in [-0.05, 0) is 69.6 Å². The molecule has 0 saturated carbocycles. The Kier molecular flexibility index (Phi) is 6.25. The molecular weight excluding hydrogens is 310 g/mol. The lowest BCUT2D eigenvalue weighted by Gasteiger charge is -2.22. The first kappa shape index (κ1) is 19.1. The molecule has 0 aromatic heterocycles. The second kappa shape index (κ2) is 8.20. The van der Waals surface area contributed by atoms with Crippen LogP contribution in [0.3, 0.4) is 0 Å². The molecule has 1 aromatic rings. The maximum absolute atomic E-state index is 12.5. The molecule has 25 heavy (non-hydrogen) atoms. The summed E-state index contributed by atoms with van der Waals surface area (Å²) in [5, 5.41) is 15.4. The van der Waals surface area contributed by atoms with Crippen LogP contribution in [-0.4, -0.2) is 11.4 Å². The van der Waals surface area contributed by atoms with E-state index in [1.807, 2.05) is 33.8 Å². The Hall–Kier alpha value is -2.28. The van der Waals surface area contributed by atoms with E-state index in [1.54, 1.807) is 0 Å². The molecule has 0 radical (unpaired) electrons. The number of fused-ring (bicyclic) bond motifs is 1. The molecule has 1 aliphatic carbocycles. The Balaban J connectivity index is 2.13. The number of benzene rings is 1. The van der Waals surface area contributed by atoms with E-state index in [-0.39, 0.29) is 23.1 Å². The van der Waals surface area contributed by atoms with Crippen molar-refractivity contribution in [2.75, 3.05) is 0 Å². The van der Waals surface area contributed by atoms with E-state index in [0.717, 1.165) is 24.8 Å². The van der Waals surface area contributed by atoms with Crippen molar-refractivity contribution in [2.45, 2.75) is 71.4 Å². The van der Waals surface area contributed by atoms with Gasteiger partial charge in [0.25, 0.3) is 5.91 Å². The third kappa shape index (κ3) is 5.35. The van der Waals surface area contributed by atoms with Crippen LogP contribution in [0.25, 0.3) is 0 Å². The van der Waals surface area contributed by atoms with Crippen LogP contribution in [0.5, 0.6) is 0 Å². The molecule has 2 rings (SSSR count). The normalized spacial score (nSPS) is 15.7. The van der Waals surface area contributed by atoms with Crippen molar-refractivity contribution in [3.63, 3.8) is 0 Å². The lowest BCUT2D eigenvalue weighted by molar-refractivity contribution is -0.117. The maximum Gasteiger partial charge on any atom is 0.263 e. The van der Waals surface area contributed by atoms with Crippen LogP contribution in [0.2, 0.25) is 0 Å². The highest BCUT2D eigenvalue weighted by Crippen LogP contribution is 2.26. The van der Waals surface area contributed by atoms with Gasteiger partial charge in [-0.15, -0.1) is 0 Å². The van der Waals surface area contributed by atoms with E-state index < -0.39 is 0 Å². The first-order valence-corrected chi connectivity index (χ1v) is 9.14. The Morgan fingerprint density at radius 1 is 1.28 bits per heavy atom. The second-order valence-corrected chi connectivity index (χ2v) is 7.73. The summed E-state index contributed by atoms with van der Waals surface area (Å²) in [7, 11) is 0. The van der Waals surface area contributed by atoms with Crippen LogP contribution in [0.1, 0.15) is 69.7 Å². The van der Waals surface area contributed by atoms with Crippen LogP contribution < -0.4 is 10.6 Å². The Labute approximate surface area is 151 Å². The summed E-state index contributed by atoms with van der Waals surface area (Å²) < 4.78 is 0. The minimum atomic E-state index is -0.330. The van der Waals surface area contributed by atoms with Crippen molar-refractivity contribution in [2.24, 2.45) is 0 Å². The summed E-state index contributed by atoms with van der Waals surface area (Å²) in [6.07, 6.45) is 7.06. The Bertz CT molecular complexity index is 692. The highest BCUT2D eigenvalue weighted by molar-refractivity contribution is 5.97. The number of hydrogen-bond donors (Lipinski definition) is 2. The van der Waals surface area contributed by atoms with Gasteiger partial charge in [0.05, 0.1) is 6.04 Å². The molecule has 0 saturated heterocycles. The predicted octanol–water partition coefficient (Wildman–Crippen LogP) is 3.93. The van der Waals surface area contributed by atoms with Gasteiger partial charge in [0, 0.05) is 11.7 Å². The first-order valence-electron chi connectivity index (χ1n) is 9.14. The fourth-order valence-corrected chi connectivity index (χ4v) is 3.06. The van der Waals surface area contributed by atoms with E-state index in [2.05, 4.69) is 28.8 Å². The Morgan fingerprint density at radius 3 is 2.56 bits per heavy atom. The molecule has 0 bridgehead atoms. The summed E-state index contributed by atoms with van der Waals surface area (Å²) in [4.78, 5) is 12.5. The number of rotatable bonds is 5. The van der Waals surface area contributed by atoms with Crippen molar-refractivity contribution in [3.05, 3.63) is 46.7 Å². The quantitative estimate of drug-likeness (QED) is 0.631. The molecule has 0 spiro atoms. The molecule has 0 heterocycles. The topological polar surface area (TPSA) is 64.9 Å². The van der Waals surface area contributed by atoms with E-state index >= 15 is 0 Å². The molecule has 1 aromatic carbocycles. The zero-order valence-corrected chi connectivity index (χ0v) is 15.8. The molecule has 1 amide bonds. The Morgan fingerprint density at radius 2 is 1.96 bits per heavy atom. The van der Waals surface area contributed by atoms with E-state index in [1.165, 1.54) is 30.2 Å². The van der Waals surface area contributed by atoms with E-state index in [4.69, 9.17) is 0 Å². The van der Waals surface area contributed by atoms with Gasteiger partial charge in [0.15, 0.2) is 0 Å². The minimum absolute atomic E-state index is 0.0777. The summed E-state index contributed by atoms with van der Waals surface area (Å²) in [6.45, 7) is 8.00. The number of nitrogens with one attached hydrogen (secondary N) is 2. The number of aryl methyl sites for hydroxylation is 2. The molecule has 1 unspecified atom stereocenters. The molecular formula is C21H29N3O. The SMILES string of the molecule is CCC(NC(=O)/C(C#N)=C\NC(C)(C)C)c1ccc2c(c1)CCCC2. The smallest absolute Gasteiger partial charge is 0.263 e. The van der Waals surface area contributed by atoms with Crippen LogP contribution >= 0.6 is 0 Å². The van der Waals surface area contributed by atoms with Crippen LogP contribution in [0.4, 0.5) is 0 Å². The van der Waals surface area contributed by atoms with Gasteiger partial charge in [-0.25, -0.2) is 0 Å². The van der Waals surface area contributed by atoms with Crippen molar-refractivity contribution >= 4 is 5.91 Å². The van der Waals surface area contributed by atoms with Gasteiger partial charge in [-0.2, -0.15) is 5.26 Å². The fraction of sp³-hybridized carbons (Fsp3) is 0.524. The molecule has 2 N–H and O–H groups in total. The van der Waals surface area contributed by atoms with Crippen LogP contribution in [0, 0.1) is 11.3 Å². The lowest BCUT2D eigenvalue weighted by atomic mass is 9.88. The fourth-order valence-electron chi connectivity index (χ4n) is 3.06. The van der Waals surface area contributed by atoms with Gasteiger partial charge in [0.2, 0.25) is 0 Å². The standard InChI is InChI=1S/C21H29N3O/c1-5-19(17-11-10-15-8-6-7-9-16(15)12-17)24-20(25)18(13-22)14-23-21(2,3)4/h10-12,14,19,23H,5-9H2,1-4H3,(H,24,25)/b18-14-. The van der Waals surface area contributed by atoms with E-state index in [9.17, 15) is 10.1 Å². The number of hydrogen-bond acceptors (Lipinski definition) is 3. The number of nitrogens with zero attached hydrogens (tertiary/aromatic N) is 1. The van der Waals surface area contributed by atoms with Crippen LogP contribution in [0.15, 0.2) is 30.0 Å². The highest BCUT2D eigenvalue weighted by Gasteiger charge is 2.19. The third-order valence-corrected chi connectivity index (χ3v) is 4.50. The third-order valence-electron chi connectivity index (χ3n) is 4.50. The number of amides is 1. The molecule has 1 aliphatic rings. The van der Waals surface area contributed by atoms with Crippen molar-refractivity contribution in [3.8, 4) is 6.07 Å². The zero-order chi connectivity index (χ0) is 18.4. The van der Waals surface area contributed by atoms with Gasteiger partial charge < -0.3 is 10.6 Å². The zero-order valence-electron chi connectivity index (χ0n) is 15.8. The van der Waals surface area contributed by atoms with Gasteiger partial charge in [-0.3, -0.25) is 4.79 Å². The van der Waals surface area contributed by atoms with Crippen LogP contribution in [-0.2, 0) is 17.6 Å². The van der Waals surface area contributed by atoms with Crippen molar-refractivity contribution < 1.29 is 4.79 Å². The average Bonchev–Trinajstić information content (AvgIpc) is 2.58. The summed E-state index contributed by atoms with van der Waals surface area (Å²) in [6, 6.07) is 8.45. The lowest BCUT2D eigenvalue weighted by Crippen LogP contribution is -2.34. The molecule has 4 nitrogen and oxygen atoms in total. The minimum Gasteiger partial charge on any atom is -0.385 e. The maximum atomic E-state index is 12.5. The largest absolute Gasteiger partial charge is 0.385 e. The van der Waals surface area contributed by atoms with Crippen molar-refractivity contribution in [1.82, 2.24) is 10.6 Å². The molecule has 4 heteroatoms. The van der Waals surface area contributed by atoms with Gasteiger partial charge >= 0.3 is 0 Å². The number of carbonyl (C=O) groups excluding carboxylic acids is 1. The van der Waals surface area contributed by atoms with Gasteiger partial charge in [0.1, 0.15) is 11.6 Å². The molecule has 0 fully saturated rings. The highest BCUT2D eigenvalue weighted by atomic mass is 16.1. The molecule has 134 valence electrons.